The molecule has 0 amide bonds. The Morgan fingerprint density at radius 1 is 1.15 bits per heavy atom. The maximum absolute atomic E-state index is 13.3. The number of hydrogen-bond acceptors (Lipinski definition) is 6. The van der Waals surface area contributed by atoms with Crippen molar-refractivity contribution in [2.24, 2.45) is 0 Å². The molecule has 0 aliphatic carbocycles. The monoisotopic (exact) mass is 270 g/mol. The van der Waals surface area contributed by atoms with E-state index in [-0.39, 0.29) is 5.82 Å². The summed E-state index contributed by atoms with van der Waals surface area (Å²) in [7, 11) is 0. The number of aromatic nitrogens is 4. The first kappa shape index (κ1) is 12.2. The van der Waals surface area contributed by atoms with Crippen molar-refractivity contribution in [3.8, 4) is 0 Å². The van der Waals surface area contributed by atoms with Gasteiger partial charge in [0.2, 0.25) is 0 Å². The Balaban J connectivity index is 1.89. The zero-order valence-corrected chi connectivity index (χ0v) is 10.4. The van der Waals surface area contributed by atoms with E-state index < -0.39 is 0 Å². The van der Waals surface area contributed by atoms with Gasteiger partial charge in [-0.25, -0.2) is 24.3 Å². The molecule has 0 aliphatic heterocycles. The van der Waals surface area contributed by atoms with Gasteiger partial charge in [0.25, 0.3) is 0 Å². The molecular formula is C13H11FN6. The summed E-state index contributed by atoms with van der Waals surface area (Å²) in [5, 5.41) is 3.67. The number of nitrogens with one attached hydrogen (secondary N) is 1. The van der Waals surface area contributed by atoms with E-state index in [4.69, 9.17) is 5.73 Å². The van der Waals surface area contributed by atoms with Crippen LogP contribution in [0.1, 0.15) is 5.82 Å². The van der Waals surface area contributed by atoms with Gasteiger partial charge in [-0.2, -0.15) is 0 Å². The summed E-state index contributed by atoms with van der Waals surface area (Å²) >= 11 is 0. The average Bonchev–Trinajstić information content (AvgIpc) is 2.45. The van der Waals surface area contributed by atoms with Crippen molar-refractivity contribution in [1.29, 1.82) is 0 Å². The number of nitrogens with two attached hydrogens (primary N) is 1. The summed E-state index contributed by atoms with van der Waals surface area (Å²) < 4.78 is 13.3. The number of fused-ring (bicyclic) bond motifs is 1. The lowest BCUT2D eigenvalue weighted by Crippen LogP contribution is -2.07. The van der Waals surface area contributed by atoms with E-state index >= 15 is 0 Å². The van der Waals surface area contributed by atoms with E-state index in [1.165, 1.54) is 18.5 Å². The summed E-state index contributed by atoms with van der Waals surface area (Å²) in [6.07, 6.45) is 3.00. The second kappa shape index (κ2) is 5.04. The molecule has 0 spiro atoms. The van der Waals surface area contributed by atoms with E-state index in [9.17, 15) is 4.39 Å². The topological polar surface area (TPSA) is 89.6 Å². The standard InChI is InChI=1S/C13H11FN6/c14-8-1-2-10-9(5-8)13(19-7-18-10)17-6-12-16-4-3-11(15)20-12/h1-5,7H,6H2,(H2,15,16,20)(H,17,18,19). The highest BCUT2D eigenvalue weighted by Crippen LogP contribution is 2.20. The summed E-state index contributed by atoms with van der Waals surface area (Å²) in [5.74, 6) is 1.12. The number of nitrogen functional groups attached to an aromatic ring is 1. The van der Waals surface area contributed by atoms with Crippen molar-refractivity contribution < 1.29 is 4.39 Å². The third kappa shape index (κ3) is 2.46. The molecule has 0 radical (unpaired) electrons. The Morgan fingerprint density at radius 3 is 2.90 bits per heavy atom. The molecule has 0 unspecified atom stereocenters. The van der Waals surface area contributed by atoms with Crippen LogP contribution < -0.4 is 11.1 Å². The van der Waals surface area contributed by atoms with Gasteiger partial charge in [0.15, 0.2) is 0 Å². The lowest BCUT2D eigenvalue weighted by atomic mass is 10.2. The van der Waals surface area contributed by atoms with Gasteiger partial charge in [0.1, 0.15) is 29.6 Å². The number of benzene rings is 1. The smallest absolute Gasteiger partial charge is 0.149 e. The third-order valence-electron chi connectivity index (χ3n) is 2.74. The van der Waals surface area contributed by atoms with Crippen LogP contribution in [0.3, 0.4) is 0 Å². The minimum absolute atomic E-state index is 0.337. The molecule has 0 fully saturated rings. The molecule has 2 aromatic heterocycles. The number of halogens is 1. The van der Waals surface area contributed by atoms with Crippen LogP contribution in [0.5, 0.6) is 0 Å². The van der Waals surface area contributed by atoms with Crippen molar-refractivity contribution in [3.63, 3.8) is 0 Å². The summed E-state index contributed by atoms with van der Waals surface area (Å²) in [6.45, 7) is 0.341. The van der Waals surface area contributed by atoms with Crippen LogP contribution >= 0.6 is 0 Å². The molecule has 3 aromatic rings. The van der Waals surface area contributed by atoms with Crippen LogP contribution in [0.15, 0.2) is 36.8 Å². The van der Waals surface area contributed by atoms with Crippen molar-refractivity contribution in [1.82, 2.24) is 19.9 Å². The molecule has 0 aliphatic rings. The minimum atomic E-state index is -0.337. The molecule has 7 heteroatoms. The molecular weight excluding hydrogens is 259 g/mol. The van der Waals surface area contributed by atoms with E-state index in [1.54, 1.807) is 18.3 Å². The van der Waals surface area contributed by atoms with Gasteiger partial charge in [-0.1, -0.05) is 0 Å². The lowest BCUT2D eigenvalue weighted by Gasteiger charge is -2.07. The fourth-order valence-electron chi connectivity index (χ4n) is 1.83. The van der Waals surface area contributed by atoms with E-state index in [0.717, 1.165) is 0 Å². The summed E-state index contributed by atoms with van der Waals surface area (Å²) in [5.41, 5.74) is 6.25. The SMILES string of the molecule is Nc1ccnc(CNc2ncnc3ccc(F)cc23)n1. The van der Waals surface area contributed by atoms with Gasteiger partial charge < -0.3 is 11.1 Å². The zero-order valence-electron chi connectivity index (χ0n) is 10.4. The van der Waals surface area contributed by atoms with Crippen molar-refractivity contribution in [2.45, 2.75) is 6.54 Å². The van der Waals surface area contributed by atoms with Crippen LogP contribution in [0.25, 0.3) is 10.9 Å². The molecule has 3 rings (SSSR count). The molecule has 20 heavy (non-hydrogen) atoms. The molecule has 0 saturated heterocycles. The van der Waals surface area contributed by atoms with Gasteiger partial charge in [-0.15, -0.1) is 0 Å². The molecule has 0 bridgehead atoms. The predicted octanol–water partition coefficient (Wildman–Crippen LogP) is 1.75. The van der Waals surface area contributed by atoms with Crippen LogP contribution in [-0.2, 0) is 6.54 Å². The molecule has 3 N–H and O–H groups in total. The number of nitrogens with zero attached hydrogens (tertiary/aromatic N) is 4. The van der Waals surface area contributed by atoms with E-state index in [2.05, 4.69) is 25.3 Å². The third-order valence-corrected chi connectivity index (χ3v) is 2.74. The van der Waals surface area contributed by atoms with Crippen LogP contribution in [-0.4, -0.2) is 19.9 Å². The molecule has 100 valence electrons. The molecule has 6 nitrogen and oxygen atoms in total. The molecule has 1 aromatic carbocycles. The first-order valence-corrected chi connectivity index (χ1v) is 5.94. The summed E-state index contributed by atoms with van der Waals surface area (Å²) in [6, 6.07) is 5.96. The van der Waals surface area contributed by atoms with Crippen molar-refractivity contribution >= 4 is 22.5 Å². The fourth-order valence-corrected chi connectivity index (χ4v) is 1.83. The lowest BCUT2D eigenvalue weighted by molar-refractivity contribution is 0.629. The van der Waals surface area contributed by atoms with Crippen LogP contribution in [0.2, 0.25) is 0 Å². The minimum Gasteiger partial charge on any atom is -0.384 e. The van der Waals surface area contributed by atoms with E-state index in [0.29, 0.717) is 34.9 Å². The van der Waals surface area contributed by atoms with E-state index in [1.807, 2.05) is 0 Å². The molecule has 2 heterocycles. The van der Waals surface area contributed by atoms with Crippen molar-refractivity contribution in [2.75, 3.05) is 11.1 Å². The maximum Gasteiger partial charge on any atom is 0.149 e. The average molecular weight is 270 g/mol. The maximum atomic E-state index is 13.3. The van der Waals surface area contributed by atoms with Crippen LogP contribution in [0.4, 0.5) is 16.0 Å². The summed E-state index contributed by atoms with van der Waals surface area (Å²) in [4.78, 5) is 16.3. The Kier molecular flexibility index (Phi) is 3.08. The molecule has 0 atom stereocenters. The Labute approximate surface area is 113 Å². The number of rotatable bonds is 3. The number of hydrogen-bond donors (Lipinski definition) is 2. The van der Waals surface area contributed by atoms with Crippen molar-refractivity contribution in [3.05, 3.63) is 48.4 Å². The van der Waals surface area contributed by atoms with Gasteiger partial charge in [-0.3, -0.25) is 0 Å². The highest BCUT2D eigenvalue weighted by atomic mass is 19.1. The van der Waals surface area contributed by atoms with Gasteiger partial charge >= 0.3 is 0 Å². The first-order valence-electron chi connectivity index (χ1n) is 5.94. The zero-order chi connectivity index (χ0) is 13.9. The highest BCUT2D eigenvalue weighted by Gasteiger charge is 2.05. The molecule has 0 saturated carbocycles. The fraction of sp³-hybridized carbons (Fsp3) is 0.0769. The quantitative estimate of drug-likeness (QED) is 0.753. The Morgan fingerprint density at radius 2 is 2.05 bits per heavy atom. The second-order valence-electron chi connectivity index (χ2n) is 4.14. The largest absolute Gasteiger partial charge is 0.384 e. The van der Waals surface area contributed by atoms with Gasteiger partial charge in [0, 0.05) is 11.6 Å². The Bertz CT molecular complexity index is 761. The second-order valence-corrected chi connectivity index (χ2v) is 4.14. The highest BCUT2D eigenvalue weighted by molar-refractivity contribution is 5.88. The Hall–Kier alpha value is -2.83. The first-order chi connectivity index (χ1) is 9.72. The van der Waals surface area contributed by atoms with Gasteiger partial charge in [0.05, 0.1) is 12.1 Å². The number of anilines is 2. The normalized spacial score (nSPS) is 10.7. The predicted molar refractivity (Wildman–Crippen MR) is 73.3 cm³/mol. The van der Waals surface area contributed by atoms with Crippen LogP contribution in [0, 0.1) is 5.82 Å². The van der Waals surface area contributed by atoms with Gasteiger partial charge in [-0.05, 0) is 24.3 Å².